The maximum absolute atomic E-state index is 12.0. The number of nitrogens with zero attached hydrogens (tertiary/aromatic N) is 1. The van der Waals surface area contributed by atoms with Gasteiger partial charge in [0.15, 0.2) is 0 Å². The SMILES string of the molecule is CCCNC(=O)CN(CCC)C(=O)CCCC(C)=O. The lowest BCUT2D eigenvalue weighted by molar-refractivity contribution is -0.136. The summed E-state index contributed by atoms with van der Waals surface area (Å²) in [4.78, 5) is 36.0. The minimum Gasteiger partial charge on any atom is -0.355 e. The van der Waals surface area contributed by atoms with E-state index < -0.39 is 0 Å². The first-order valence-electron chi connectivity index (χ1n) is 7.05. The summed E-state index contributed by atoms with van der Waals surface area (Å²) in [5, 5.41) is 2.76. The number of hydrogen-bond acceptors (Lipinski definition) is 3. The van der Waals surface area contributed by atoms with Crippen LogP contribution in [0.2, 0.25) is 0 Å². The smallest absolute Gasteiger partial charge is 0.239 e. The van der Waals surface area contributed by atoms with Crippen LogP contribution in [0, 0.1) is 0 Å². The van der Waals surface area contributed by atoms with Crippen molar-refractivity contribution in [1.82, 2.24) is 10.2 Å². The molecule has 110 valence electrons. The molecule has 0 aromatic rings. The fourth-order valence-electron chi connectivity index (χ4n) is 1.70. The van der Waals surface area contributed by atoms with Crippen LogP contribution >= 0.6 is 0 Å². The largest absolute Gasteiger partial charge is 0.355 e. The van der Waals surface area contributed by atoms with Crippen molar-refractivity contribution in [2.75, 3.05) is 19.6 Å². The Balaban J connectivity index is 4.17. The monoisotopic (exact) mass is 270 g/mol. The van der Waals surface area contributed by atoms with Crippen molar-refractivity contribution in [3.05, 3.63) is 0 Å². The van der Waals surface area contributed by atoms with Gasteiger partial charge in [-0.2, -0.15) is 0 Å². The minimum atomic E-state index is -0.116. The molecule has 0 aromatic heterocycles. The van der Waals surface area contributed by atoms with Crippen molar-refractivity contribution < 1.29 is 14.4 Å². The molecule has 2 amide bonds. The third-order valence-electron chi connectivity index (χ3n) is 2.67. The van der Waals surface area contributed by atoms with E-state index in [1.807, 2.05) is 13.8 Å². The van der Waals surface area contributed by atoms with E-state index in [1.165, 1.54) is 6.92 Å². The molecular weight excluding hydrogens is 244 g/mol. The van der Waals surface area contributed by atoms with E-state index in [2.05, 4.69) is 5.32 Å². The Labute approximate surface area is 115 Å². The highest BCUT2D eigenvalue weighted by Gasteiger charge is 2.15. The third kappa shape index (κ3) is 9.22. The first-order chi connectivity index (χ1) is 9.01. The van der Waals surface area contributed by atoms with Gasteiger partial charge >= 0.3 is 0 Å². The number of Topliss-reactive ketones (excluding diaryl/α,β-unsaturated/α-hetero) is 1. The Bertz CT molecular complexity index is 303. The van der Waals surface area contributed by atoms with Crippen LogP contribution in [0.25, 0.3) is 0 Å². The molecule has 0 bridgehead atoms. The minimum absolute atomic E-state index is 0.0465. The molecule has 0 aliphatic rings. The summed E-state index contributed by atoms with van der Waals surface area (Å²) in [7, 11) is 0. The lowest BCUT2D eigenvalue weighted by Crippen LogP contribution is -2.41. The van der Waals surface area contributed by atoms with Gasteiger partial charge in [0.2, 0.25) is 11.8 Å². The molecule has 0 unspecified atom stereocenters. The van der Waals surface area contributed by atoms with Gasteiger partial charge in [0.1, 0.15) is 5.78 Å². The average Bonchev–Trinajstić information content (AvgIpc) is 2.35. The molecule has 0 heterocycles. The molecule has 0 saturated carbocycles. The van der Waals surface area contributed by atoms with E-state index in [0.29, 0.717) is 32.4 Å². The molecule has 0 saturated heterocycles. The van der Waals surface area contributed by atoms with E-state index in [0.717, 1.165) is 12.8 Å². The highest BCUT2D eigenvalue weighted by atomic mass is 16.2. The zero-order valence-corrected chi connectivity index (χ0v) is 12.3. The number of rotatable bonds is 10. The predicted molar refractivity (Wildman–Crippen MR) is 74.7 cm³/mol. The van der Waals surface area contributed by atoms with Gasteiger partial charge in [0.25, 0.3) is 0 Å². The van der Waals surface area contributed by atoms with Gasteiger partial charge in [-0.1, -0.05) is 13.8 Å². The van der Waals surface area contributed by atoms with Crippen LogP contribution < -0.4 is 5.32 Å². The maximum Gasteiger partial charge on any atom is 0.239 e. The van der Waals surface area contributed by atoms with Crippen LogP contribution in [0.5, 0.6) is 0 Å². The molecule has 0 aromatic carbocycles. The van der Waals surface area contributed by atoms with E-state index in [4.69, 9.17) is 0 Å². The molecule has 0 atom stereocenters. The highest BCUT2D eigenvalue weighted by Crippen LogP contribution is 2.03. The molecule has 0 spiro atoms. The first-order valence-corrected chi connectivity index (χ1v) is 7.05. The van der Waals surface area contributed by atoms with Gasteiger partial charge in [-0.15, -0.1) is 0 Å². The van der Waals surface area contributed by atoms with Gasteiger partial charge < -0.3 is 15.0 Å². The van der Waals surface area contributed by atoms with Crippen molar-refractivity contribution in [3.63, 3.8) is 0 Å². The molecule has 1 N–H and O–H groups in total. The molecule has 5 heteroatoms. The number of carbonyl (C=O) groups is 3. The zero-order chi connectivity index (χ0) is 14.7. The second-order valence-electron chi connectivity index (χ2n) is 4.72. The molecule has 0 radical (unpaired) electrons. The summed E-state index contributed by atoms with van der Waals surface area (Å²) >= 11 is 0. The fraction of sp³-hybridized carbons (Fsp3) is 0.786. The summed E-state index contributed by atoms with van der Waals surface area (Å²) in [5.41, 5.74) is 0. The van der Waals surface area contributed by atoms with Crippen LogP contribution in [0.1, 0.15) is 52.9 Å². The molecule has 5 nitrogen and oxygen atoms in total. The lowest BCUT2D eigenvalue weighted by atomic mass is 10.1. The summed E-state index contributed by atoms with van der Waals surface area (Å²) in [6.07, 6.45) is 3.02. The second-order valence-corrected chi connectivity index (χ2v) is 4.72. The maximum atomic E-state index is 12.0. The Morgan fingerprint density at radius 2 is 1.74 bits per heavy atom. The quantitative estimate of drug-likeness (QED) is 0.654. The van der Waals surface area contributed by atoms with Gasteiger partial charge in [0.05, 0.1) is 6.54 Å². The first kappa shape index (κ1) is 17.6. The topological polar surface area (TPSA) is 66.5 Å². The van der Waals surface area contributed by atoms with Gasteiger partial charge in [-0.05, 0) is 26.2 Å². The second kappa shape index (κ2) is 10.5. The van der Waals surface area contributed by atoms with E-state index in [9.17, 15) is 14.4 Å². The molecular formula is C14H26N2O3. The van der Waals surface area contributed by atoms with Crippen molar-refractivity contribution in [2.45, 2.75) is 52.9 Å². The van der Waals surface area contributed by atoms with Crippen molar-refractivity contribution in [3.8, 4) is 0 Å². The van der Waals surface area contributed by atoms with Crippen molar-refractivity contribution in [1.29, 1.82) is 0 Å². The molecule has 19 heavy (non-hydrogen) atoms. The summed E-state index contributed by atoms with van der Waals surface area (Å²) in [6.45, 7) is 6.81. The van der Waals surface area contributed by atoms with E-state index in [-0.39, 0.29) is 24.1 Å². The number of hydrogen-bond donors (Lipinski definition) is 1. The Morgan fingerprint density at radius 1 is 1.05 bits per heavy atom. The van der Waals surface area contributed by atoms with Gasteiger partial charge in [0, 0.05) is 25.9 Å². The highest BCUT2D eigenvalue weighted by molar-refractivity contribution is 5.85. The van der Waals surface area contributed by atoms with Crippen LogP contribution in [0.15, 0.2) is 0 Å². The third-order valence-corrected chi connectivity index (χ3v) is 2.67. The zero-order valence-electron chi connectivity index (χ0n) is 12.3. The summed E-state index contributed by atoms with van der Waals surface area (Å²) in [5.74, 6) is -0.0690. The van der Waals surface area contributed by atoms with Crippen LogP contribution in [0.4, 0.5) is 0 Å². The predicted octanol–water partition coefficient (Wildman–Crippen LogP) is 1.51. The van der Waals surface area contributed by atoms with Gasteiger partial charge in [-0.25, -0.2) is 0 Å². The number of ketones is 1. The Morgan fingerprint density at radius 3 is 2.26 bits per heavy atom. The number of carbonyl (C=O) groups excluding carboxylic acids is 3. The average molecular weight is 270 g/mol. The Hall–Kier alpha value is -1.39. The summed E-state index contributed by atoms with van der Waals surface area (Å²) in [6, 6.07) is 0. The van der Waals surface area contributed by atoms with Crippen molar-refractivity contribution in [2.24, 2.45) is 0 Å². The van der Waals surface area contributed by atoms with E-state index in [1.54, 1.807) is 4.90 Å². The molecule has 0 rings (SSSR count). The molecule has 0 fully saturated rings. The number of amides is 2. The Kier molecular flexibility index (Phi) is 9.75. The van der Waals surface area contributed by atoms with Crippen molar-refractivity contribution >= 4 is 17.6 Å². The normalized spacial score (nSPS) is 10.1. The standard InChI is InChI=1S/C14H26N2O3/c1-4-9-15-13(18)11-16(10-5-2)14(19)8-6-7-12(3)17/h4-11H2,1-3H3,(H,15,18). The molecule has 0 aliphatic carbocycles. The fourth-order valence-corrected chi connectivity index (χ4v) is 1.70. The molecule has 0 aliphatic heterocycles. The lowest BCUT2D eigenvalue weighted by Gasteiger charge is -2.21. The van der Waals surface area contributed by atoms with Crippen LogP contribution in [-0.4, -0.2) is 42.1 Å². The number of nitrogens with one attached hydrogen (secondary N) is 1. The van der Waals surface area contributed by atoms with E-state index >= 15 is 0 Å². The summed E-state index contributed by atoms with van der Waals surface area (Å²) < 4.78 is 0. The van der Waals surface area contributed by atoms with Gasteiger partial charge in [-0.3, -0.25) is 9.59 Å². The van der Waals surface area contributed by atoms with Crippen LogP contribution in [-0.2, 0) is 14.4 Å². The van der Waals surface area contributed by atoms with Crippen LogP contribution in [0.3, 0.4) is 0 Å².